The second kappa shape index (κ2) is 8.52. The summed E-state index contributed by atoms with van der Waals surface area (Å²) < 4.78 is 20.6. The number of aryl methyl sites for hydroxylation is 2. The molecule has 0 fully saturated rings. The Morgan fingerprint density at radius 3 is 2.72 bits per heavy atom. The number of rotatable bonds is 5. The number of aromatic amines is 1. The summed E-state index contributed by atoms with van der Waals surface area (Å²) in [6.45, 7) is 3.33. The van der Waals surface area contributed by atoms with Crippen LogP contribution in [0.3, 0.4) is 0 Å². The van der Waals surface area contributed by atoms with Gasteiger partial charge in [0.2, 0.25) is 0 Å². The molecule has 0 aliphatic heterocycles. The van der Waals surface area contributed by atoms with Gasteiger partial charge in [0.15, 0.2) is 16.7 Å². The van der Waals surface area contributed by atoms with Gasteiger partial charge in [-0.15, -0.1) is 0 Å². The highest BCUT2D eigenvalue weighted by Crippen LogP contribution is 2.34. The predicted molar refractivity (Wildman–Crippen MR) is 107 cm³/mol. The Morgan fingerprint density at radius 2 is 2.07 bits per heavy atom. The zero-order valence-electron chi connectivity index (χ0n) is 15.4. The number of amides is 1. The number of imidazole rings is 1. The van der Waals surface area contributed by atoms with E-state index in [0.29, 0.717) is 11.4 Å². The lowest BCUT2D eigenvalue weighted by molar-refractivity contribution is 0.0946. The van der Waals surface area contributed by atoms with E-state index in [1.807, 2.05) is 6.07 Å². The Labute approximate surface area is 176 Å². The smallest absolute Gasteiger partial charge is 0.271 e. The Morgan fingerprint density at radius 1 is 1.31 bits per heavy atom. The Balaban J connectivity index is 1.82. The summed E-state index contributed by atoms with van der Waals surface area (Å²) in [5.74, 6) is -0.663. The van der Waals surface area contributed by atoms with Gasteiger partial charge in [-0.05, 0) is 43.7 Å². The lowest BCUT2D eigenvalue weighted by atomic mass is 10.1. The maximum Gasteiger partial charge on any atom is 0.271 e. The second-order valence-corrected chi connectivity index (χ2v) is 7.03. The summed E-state index contributed by atoms with van der Waals surface area (Å²) in [6.07, 6.45) is 0. The van der Waals surface area contributed by atoms with Crippen LogP contribution in [0.15, 0.2) is 30.3 Å². The minimum Gasteiger partial charge on any atom is -0.453 e. The number of H-pyrrole nitrogens is 1. The van der Waals surface area contributed by atoms with E-state index in [1.54, 1.807) is 26.0 Å². The first-order valence-corrected chi connectivity index (χ1v) is 9.21. The van der Waals surface area contributed by atoms with E-state index < -0.39 is 11.7 Å². The molecule has 0 saturated carbocycles. The van der Waals surface area contributed by atoms with Crippen LogP contribution in [0.4, 0.5) is 4.39 Å². The molecule has 0 unspecified atom stereocenters. The SMILES string of the molecule is Cc1cc(C#N)cc(Oc2c(Cl)ccc(CNC(=O)c3[nH]c(C)nc3Cl)c2F)c1. The number of carbonyl (C=O) groups is 1. The average molecular weight is 433 g/mol. The van der Waals surface area contributed by atoms with Gasteiger partial charge in [0.1, 0.15) is 17.3 Å². The van der Waals surface area contributed by atoms with Crippen LogP contribution < -0.4 is 10.1 Å². The van der Waals surface area contributed by atoms with Crippen LogP contribution in [-0.2, 0) is 6.54 Å². The molecular formula is C20H15Cl2FN4O2. The fourth-order valence-corrected chi connectivity index (χ4v) is 3.11. The Hall–Kier alpha value is -3.08. The summed E-state index contributed by atoms with van der Waals surface area (Å²) in [5.41, 5.74) is 1.43. The molecule has 148 valence electrons. The predicted octanol–water partition coefficient (Wildman–Crippen LogP) is 5.07. The van der Waals surface area contributed by atoms with Gasteiger partial charge in [0.25, 0.3) is 5.91 Å². The number of nitriles is 1. The fourth-order valence-electron chi connectivity index (χ4n) is 2.67. The summed E-state index contributed by atoms with van der Waals surface area (Å²) in [7, 11) is 0. The van der Waals surface area contributed by atoms with Crippen LogP contribution in [0.1, 0.15) is 33.0 Å². The van der Waals surface area contributed by atoms with E-state index in [4.69, 9.17) is 33.2 Å². The van der Waals surface area contributed by atoms with Crippen molar-refractivity contribution in [3.8, 4) is 17.6 Å². The van der Waals surface area contributed by atoms with Crippen LogP contribution >= 0.6 is 23.2 Å². The molecular weight excluding hydrogens is 418 g/mol. The van der Waals surface area contributed by atoms with Gasteiger partial charge in [-0.25, -0.2) is 9.37 Å². The van der Waals surface area contributed by atoms with Gasteiger partial charge >= 0.3 is 0 Å². The van der Waals surface area contributed by atoms with Crippen molar-refractivity contribution in [2.24, 2.45) is 0 Å². The van der Waals surface area contributed by atoms with Crippen LogP contribution in [0.2, 0.25) is 10.2 Å². The van der Waals surface area contributed by atoms with E-state index in [2.05, 4.69) is 15.3 Å². The monoisotopic (exact) mass is 432 g/mol. The number of carbonyl (C=O) groups excluding carboxylic acids is 1. The highest BCUT2D eigenvalue weighted by molar-refractivity contribution is 6.32. The topological polar surface area (TPSA) is 90.8 Å². The number of nitrogens with zero attached hydrogens (tertiary/aromatic N) is 2. The quantitative estimate of drug-likeness (QED) is 0.588. The number of ether oxygens (including phenoxy) is 1. The van der Waals surface area contributed by atoms with Crippen LogP contribution in [0.25, 0.3) is 0 Å². The molecule has 9 heteroatoms. The standard InChI is InChI=1S/C20H15Cl2FN4O2/c1-10-5-12(8-24)7-14(6-10)29-18-15(21)4-3-13(16(18)23)9-25-20(28)17-19(22)27-11(2)26-17/h3-7H,9H2,1-2H3,(H,25,28)(H,26,27). The number of aromatic nitrogens is 2. The second-order valence-electron chi connectivity index (χ2n) is 6.27. The third-order valence-corrected chi connectivity index (χ3v) is 4.54. The van der Waals surface area contributed by atoms with Crippen molar-refractivity contribution >= 4 is 29.1 Å². The molecule has 0 aliphatic carbocycles. The summed E-state index contributed by atoms with van der Waals surface area (Å²) in [6, 6.07) is 9.76. The first kappa shape index (κ1) is 20.6. The maximum absolute atomic E-state index is 15.0. The zero-order chi connectivity index (χ0) is 21.1. The van der Waals surface area contributed by atoms with E-state index in [1.165, 1.54) is 18.2 Å². The summed E-state index contributed by atoms with van der Waals surface area (Å²) >= 11 is 12.0. The lowest BCUT2D eigenvalue weighted by Crippen LogP contribution is -2.24. The molecule has 3 rings (SSSR count). The minimum absolute atomic E-state index is 0.0355. The van der Waals surface area contributed by atoms with E-state index in [-0.39, 0.29) is 39.5 Å². The van der Waals surface area contributed by atoms with E-state index >= 15 is 0 Å². The van der Waals surface area contributed by atoms with Crippen LogP contribution in [0, 0.1) is 31.0 Å². The van der Waals surface area contributed by atoms with Gasteiger partial charge in [0, 0.05) is 12.1 Å². The molecule has 0 bridgehead atoms. The molecule has 3 aromatic rings. The molecule has 0 atom stereocenters. The van der Waals surface area contributed by atoms with Gasteiger partial charge in [-0.1, -0.05) is 29.3 Å². The van der Waals surface area contributed by atoms with Crippen LogP contribution in [-0.4, -0.2) is 15.9 Å². The largest absolute Gasteiger partial charge is 0.453 e. The molecule has 2 aromatic carbocycles. The summed E-state index contributed by atoms with van der Waals surface area (Å²) in [5, 5.41) is 11.7. The molecule has 6 nitrogen and oxygen atoms in total. The number of nitrogens with one attached hydrogen (secondary N) is 2. The van der Waals surface area contributed by atoms with Gasteiger partial charge in [-0.3, -0.25) is 4.79 Å². The van der Waals surface area contributed by atoms with Gasteiger partial charge in [0.05, 0.1) is 16.7 Å². The molecule has 29 heavy (non-hydrogen) atoms. The number of hydrogen-bond acceptors (Lipinski definition) is 4. The highest BCUT2D eigenvalue weighted by Gasteiger charge is 2.18. The van der Waals surface area contributed by atoms with Crippen molar-refractivity contribution in [1.82, 2.24) is 15.3 Å². The van der Waals surface area contributed by atoms with Gasteiger partial charge < -0.3 is 15.0 Å². The third kappa shape index (κ3) is 4.67. The van der Waals surface area contributed by atoms with Crippen LogP contribution in [0.5, 0.6) is 11.5 Å². The number of benzene rings is 2. The Bertz CT molecular complexity index is 1140. The van der Waals surface area contributed by atoms with E-state index in [0.717, 1.165) is 5.56 Å². The van der Waals surface area contributed by atoms with Crippen molar-refractivity contribution in [1.29, 1.82) is 5.26 Å². The van der Waals surface area contributed by atoms with E-state index in [9.17, 15) is 9.18 Å². The van der Waals surface area contributed by atoms with Crippen molar-refractivity contribution in [3.63, 3.8) is 0 Å². The van der Waals surface area contributed by atoms with Crippen molar-refractivity contribution in [2.75, 3.05) is 0 Å². The molecule has 0 spiro atoms. The zero-order valence-corrected chi connectivity index (χ0v) is 17.0. The van der Waals surface area contributed by atoms with Crippen molar-refractivity contribution in [2.45, 2.75) is 20.4 Å². The molecule has 0 aliphatic rings. The third-order valence-electron chi connectivity index (χ3n) is 3.97. The van der Waals surface area contributed by atoms with Crippen molar-refractivity contribution < 1.29 is 13.9 Å². The Kier molecular flexibility index (Phi) is 6.06. The fraction of sp³-hybridized carbons (Fsp3) is 0.150. The molecule has 2 N–H and O–H groups in total. The molecule has 0 radical (unpaired) electrons. The molecule has 1 amide bonds. The number of halogens is 3. The minimum atomic E-state index is -0.718. The molecule has 1 aromatic heterocycles. The molecule has 0 saturated heterocycles. The normalized spacial score (nSPS) is 10.5. The van der Waals surface area contributed by atoms with Crippen molar-refractivity contribution in [3.05, 3.63) is 74.5 Å². The first-order chi connectivity index (χ1) is 13.8. The number of hydrogen-bond donors (Lipinski definition) is 2. The first-order valence-electron chi connectivity index (χ1n) is 8.45. The van der Waals surface area contributed by atoms with Gasteiger partial charge in [-0.2, -0.15) is 5.26 Å². The maximum atomic E-state index is 15.0. The average Bonchev–Trinajstić information content (AvgIpc) is 3.02. The molecule has 1 heterocycles. The summed E-state index contributed by atoms with van der Waals surface area (Å²) in [4.78, 5) is 18.9. The highest BCUT2D eigenvalue weighted by atomic mass is 35.5. The lowest BCUT2D eigenvalue weighted by Gasteiger charge is -2.13.